The Morgan fingerprint density at radius 3 is 2.55 bits per heavy atom. The van der Waals surface area contributed by atoms with Gasteiger partial charge in [0.25, 0.3) is 5.56 Å². The molecule has 47 heavy (non-hydrogen) atoms. The van der Waals surface area contributed by atoms with E-state index in [1.807, 2.05) is 55.5 Å². The molecule has 4 aromatic carbocycles. The SMILES string of the molecule is CCCC1=C(C(=O)OCC)C(c2c(OC)ccc3ccccc23)n2c(s/c(=C\c3ccc(OCc4ccccc4F)c(Br)c3)c2=O)=N1. The zero-order chi connectivity index (χ0) is 33.1. The first-order chi connectivity index (χ1) is 22.8. The minimum absolute atomic E-state index is 0.0732. The number of aromatic nitrogens is 1. The number of esters is 1. The highest BCUT2D eigenvalue weighted by Crippen LogP contribution is 2.41. The van der Waals surface area contributed by atoms with Crippen molar-refractivity contribution in [1.29, 1.82) is 0 Å². The second kappa shape index (κ2) is 14.1. The van der Waals surface area contributed by atoms with Gasteiger partial charge in [0, 0.05) is 11.1 Å². The van der Waals surface area contributed by atoms with Crippen LogP contribution in [0, 0.1) is 5.82 Å². The Morgan fingerprint density at radius 1 is 1.04 bits per heavy atom. The molecule has 1 atom stereocenters. The second-order valence-corrected chi connectivity index (χ2v) is 12.7. The van der Waals surface area contributed by atoms with Gasteiger partial charge in [0.2, 0.25) is 0 Å². The molecule has 6 rings (SSSR count). The van der Waals surface area contributed by atoms with Gasteiger partial charge in [-0.05, 0) is 76.0 Å². The zero-order valence-corrected chi connectivity index (χ0v) is 28.5. The Bertz CT molecular complexity index is 2210. The molecule has 0 fully saturated rings. The van der Waals surface area contributed by atoms with Crippen molar-refractivity contribution in [3.8, 4) is 11.5 Å². The summed E-state index contributed by atoms with van der Waals surface area (Å²) in [5.41, 5.74) is 2.54. The monoisotopic (exact) mass is 714 g/mol. The van der Waals surface area contributed by atoms with Gasteiger partial charge in [-0.1, -0.05) is 79.3 Å². The maximum absolute atomic E-state index is 14.4. The van der Waals surface area contributed by atoms with Gasteiger partial charge in [0.1, 0.15) is 30.0 Å². The summed E-state index contributed by atoms with van der Waals surface area (Å²) in [5, 5.41) is 1.81. The van der Waals surface area contributed by atoms with Gasteiger partial charge in [0.05, 0.1) is 34.0 Å². The van der Waals surface area contributed by atoms with E-state index in [0.29, 0.717) is 54.1 Å². The summed E-state index contributed by atoms with van der Waals surface area (Å²) in [7, 11) is 1.58. The highest BCUT2D eigenvalue weighted by Gasteiger charge is 2.37. The molecule has 10 heteroatoms. The quantitative estimate of drug-likeness (QED) is 0.143. The topological polar surface area (TPSA) is 79.1 Å². The minimum Gasteiger partial charge on any atom is -0.496 e. The maximum Gasteiger partial charge on any atom is 0.338 e. The number of methoxy groups -OCH3 is 1. The normalized spacial score (nSPS) is 14.6. The Labute approximate surface area is 283 Å². The summed E-state index contributed by atoms with van der Waals surface area (Å²) in [4.78, 5) is 33.5. The van der Waals surface area contributed by atoms with Crippen LogP contribution in [-0.4, -0.2) is 24.3 Å². The summed E-state index contributed by atoms with van der Waals surface area (Å²) in [6, 6.07) is 22.8. The molecule has 0 spiro atoms. The van der Waals surface area contributed by atoms with Gasteiger partial charge < -0.3 is 14.2 Å². The first kappa shape index (κ1) is 32.4. The van der Waals surface area contributed by atoms with Crippen LogP contribution < -0.4 is 24.4 Å². The highest BCUT2D eigenvalue weighted by atomic mass is 79.9. The van der Waals surface area contributed by atoms with Crippen molar-refractivity contribution < 1.29 is 23.4 Å². The van der Waals surface area contributed by atoms with Crippen LogP contribution >= 0.6 is 27.3 Å². The summed E-state index contributed by atoms with van der Waals surface area (Å²) in [6.07, 6.45) is 3.07. The Balaban J connectivity index is 1.50. The predicted octanol–water partition coefficient (Wildman–Crippen LogP) is 7.22. The highest BCUT2D eigenvalue weighted by molar-refractivity contribution is 9.10. The molecule has 1 aromatic heterocycles. The van der Waals surface area contributed by atoms with Crippen molar-refractivity contribution in [2.45, 2.75) is 39.3 Å². The van der Waals surface area contributed by atoms with Crippen LogP contribution in [0.15, 0.2) is 104 Å². The van der Waals surface area contributed by atoms with Gasteiger partial charge in [-0.3, -0.25) is 9.36 Å². The van der Waals surface area contributed by atoms with E-state index in [4.69, 9.17) is 19.2 Å². The van der Waals surface area contributed by atoms with Crippen molar-refractivity contribution in [2.24, 2.45) is 4.99 Å². The van der Waals surface area contributed by atoms with E-state index in [0.717, 1.165) is 22.8 Å². The van der Waals surface area contributed by atoms with Gasteiger partial charge in [-0.15, -0.1) is 0 Å². The van der Waals surface area contributed by atoms with Crippen LogP contribution in [0.2, 0.25) is 0 Å². The van der Waals surface area contributed by atoms with Crippen molar-refractivity contribution in [3.05, 3.63) is 137 Å². The molecular formula is C37H32BrFN2O5S. The molecule has 1 aliphatic rings. The molecular weight excluding hydrogens is 683 g/mol. The standard InChI is InChI=1S/C37H32BrFN2O5S/c1-4-10-28-33(36(43)45-5-2)34(32-25-13-8-6-11-23(25)16-18-30(32)44-3)41-35(42)31(47-37(41)40-28)20-22-15-17-29(26(38)19-22)46-21-24-12-7-9-14-27(24)39/h6-9,11-20,34H,4-5,10,21H2,1-3H3/b31-20-. The van der Waals surface area contributed by atoms with E-state index in [1.165, 1.54) is 17.4 Å². The molecule has 2 heterocycles. The maximum atomic E-state index is 14.4. The Morgan fingerprint density at radius 2 is 1.81 bits per heavy atom. The number of hydrogen-bond donors (Lipinski definition) is 0. The summed E-state index contributed by atoms with van der Waals surface area (Å²) >= 11 is 4.82. The third-order valence-corrected chi connectivity index (χ3v) is 9.51. The van der Waals surface area contributed by atoms with Crippen LogP contribution in [-0.2, 0) is 16.1 Å². The molecule has 5 aromatic rings. The van der Waals surface area contributed by atoms with Crippen molar-refractivity contribution in [3.63, 3.8) is 0 Å². The number of allylic oxidation sites excluding steroid dienone is 1. The summed E-state index contributed by atoms with van der Waals surface area (Å²) < 4.78 is 34.1. The fourth-order valence-corrected chi connectivity index (χ4v) is 7.31. The van der Waals surface area contributed by atoms with E-state index in [9.17, 15) is 14.0 Å². The fraction of sp³-hybridized carbons (Fsp3) is 0.216. The number of ether oxygens (including phenoxy) is 3. The smallest absolute Gasteiger partial charge is 0.338 e. The number of hydrogen-bond acceptors (Lipinski definition) is 7. The molecule has 240 valence electrons. The molecule has 0 N–H and O–H groups in total. The summed E-state index contributed by atoms with van der Waals surface area (Å²) in [6.45, 7) is 4.04. The van der Waals surface area contributed by atoms with E-state index in [-0.39, 0.29) is 24.6 Å². The predicted molar refractivity (Wildman–Crippen MR) is 185 cm³/mol. The van der Waals surface area contributed by atoms with E-state index >= 15 is 0 Å². The van der Waals surface area contributed by atoms with Gasteiger partial charge in [-0.2, -0.15) is 0 Å². The van der Waals surface area contributed by atoms with Crippen LogP contribution in [0.25, 0.3) is 16.8 Å². The van der Waals surface area contributed by atoms with Crippen LogP contribution in [0.1, 0.15) is 49.4 Å². The molecule has 7 nitrogen and oxygen atoms in total. The lowest BCUT2D eigenvalue weighted by molar-refractivity contribution is -0.139. The third-order valence-electron chi connectivity index (χ3n) is 7.91. The molecule has 1 unspecified atom stereocenters. The second-order valence-electron chi connectivity index (χ2n) is 10.9. The van der Waals surface area contributed by atoms with Crippen LogP contribution in [0.4, 0.5) is 4.39 Å². The molecule has 0 aliphatic carbocycles. The average molecular weight is 716 g/mol. The molecule has 1 aliphatic heterocycles. The van der Waals surface area contributed by atoms with Gasteiger partial charge in [-0.25, -0.2) is 14.2 Å². The van der Waals surface area contributed by atoms with Crippen molar-refractivity contribution in [2.75, 3.05) is 13.7 Å². The number of fused-ring (bicyclic) bond motifs is 2. The van der Waals surface area contributed by atoms with Crippen molar-refractivity contribution in [1.82, 2.24) is 4.57 Å². The van der Waals surface area contributed by atoms with Crippen LogP contribution in [0.5, 0.6) is 11.5 Å². The molecule has 0 saturated carbocycles. The Kier molecular flexibility index (Phi) is 9.70. The van der Waals surface area contributed by atoms with E-state index in [1.54, 1.807) is 48.9 Å². The number of halogens is 2. The van der Waals surface area contributed by atoms with Crippen LogP contribution in [0.3, 0.4) is 0 Å². The number of benzene rings is 4. The zero-order valence-electron chi connectivity index (χ0n) is 26.1. The number of rotatable bonds is 10. The van der Waals surface area contributed by atoms with Gasteiger partial charge in [0.15, 0.2) is 4.80 Å². The first-order valence-electron chi connectivity index (χ1n) is 15.3. The molecule has 0 bridgehead atoms. The van der Waals surface area contributed by atoms with E-state index < -0.39 is 12.0 Å². The number of carbonyl (C=O) groups is 1. The lowest BCUT2D eigenvalue weighted by Gasteiger charge is -2.28. The number of nitrogens with zero attached hydrogens (tertiary/aromatic N) is 2. The minimum atomic E-state index is -0.823. The number of carbonyl (C=O) groups excluding carboxylic acids is 1. The summed E-state index contributed by atoms with van der Waals surface area (Å²) in [5.74, 6) is 0.253. The van der Waals surface area contributed by atoms with E-state index in [2.05, 4.69) is 15.9 Å². The third kappa shape index (κ3) is 6.40. The average Bonchev–Trinajstić information content (AvgIpc) is 3.38. The fourth-order valence-electron chi connectivity index (χ4n) is 5.78. The molecule has 0 radical (unpaired) electrons. The number of thiazole rings is 1. The van der Waals surface area contributed by atoms with Crippen molar-refractivity contribution >= 4 is 50.1 Å². The first-order valence-corrected chi connectivity index (χ1v) is 16.9. The lowest BCUT2D eigenvalue weighted by Crippen LogP contribution is -2.40. The molecule has 0 amide bonds. The largest absolute Gasteiger partial charge is 0.496 e. The molecule has 0 saturated heterocycles. The Hall–Kier alpha value is -4.54. The van der Waals surface area contributed by atoms with Gasteiger partial charge >= 0.3 is 5.97 Å². The lowest BCUT2D eigenvalue weighted by atomic mass is 9.90.